The summed E-state index contributed by atoms with van der Waals surface area (Å²) in [5.74, 6) is -4.97. The number of methoxy groups -OCH3 is 1. The number of hydrogen-bond acceptors (Lipinski definition) is 3. The Bertz CT molecular complexity index is 606. The number of hydrogen-bond donors (Lipinski definition) is 2. The molecule has 1 fully saturated rings. The molecule has 1 aromatic rings. The van der Waals surface area contributed by atoms with E-state index in [0.717, 1.165) is 4.90 Å². The fourth-order valence-electron chi connectivity index (χ4n) is 2.49. The molecule has 0 radical (unpaired) electrons. The van der Waals surface area contributed by atoms with Crippen LogP contribution < -0.4 is 10.1 Å². The minimum atomic E-state index is -4.68. The summed E-state index contributed by atoms with van der Waals surface area (Å²) >= 11 is 0. The zero-order valence-corrected chi connectivity index (χ0v) is 12.1. The van der Waals surface area contributed by atoms with Crippen LogP contribution in [0.5, 0.6) is 5.75 Å². The van der Waals surface area contributed by atoms with Crippen molar-refractivity contribution in [1.29, 1.82) is 0 Å². The lowest BCUT2D eigenvalue weighted by molar-refractivity contribution is -0.187. The van der Waals surface area contributed by atoms with Crippen LogP contribution in [-0.4, -0.2) is 48.4 Å². The Morgan fingerprint density at radius 1 is 1.30 bits per heavy atom. The lowest BCUT2D eigenvalue weighted by Crippen LogP contribution is -2.35. The summed E-state index contributed by atoms with van der Waals surface area (Å²) in [7, 11) is 1.39. The summed E-state index contributed by atoms with van der Waals surface area (Å²) in [6.07, 6.45) is -4.68. The molecule has 1 aliphatic rings. The summed E-state index contributed by atoms with van der Waals surface area (Å²) < 4.78 is 43.8. The van der Waals surface area contributed by atoms with E-state index >= 15 is 0 Å². The first-order chi connectivity index (χ1) is 10.7. The topological polar surface area (TPSA) is 78.9 Å². The van der Waals surface area contributed by atoms with Crippen LogP contribution in [0.3, 0.4) is 0 Å². The molecule has 1 aromatic carbocycles. The van der Waals surface area contributed by atoms with Gasteiger partial charge in [0.15, 0.2) is 0 Å². The van der Waals surface area contributed by atoms with Gasteiger partial charge in [0.05, 0.1) is 24.6 Å². The fraction of sp³-hybridized carbons (Fsp3) is 0.429. The normalized spacial score (nSPS) is 21.1. The fourth-order valence-corrected chi connectivity index (χ4v) is 2.49. The zero-order valence-electron chi connectivity index (χ0n) is 12.1. The number of para-hydroxylation sites is 2. The van der Waals surface area contributed by atoms with Crippen LogP contribution in [-0.2, 0) is 4.79 Å². The first-order valence-electron chi connectivity index (χ1n) is 6.72. The number of carboxylic acids is 1. The number of nitrogens with one attached hydrogen (secondary N) is 1. The number of nitrogens with zero attached hydrogens (tertiary/aromatic N) is 1. The van der Waals surface area contributed by atoms with E-state index in [-0.39, 0.29) is 0 Å². The number of alkyl halides is 3. The number of urea groups is 1. The second kappa shape index (κ2) is 6.35. The molecular weight excluding hydrogens is 317 g/mol. The third kappa shape index (κ3) is 3.66. The SMILES string of the molecule is COc1ccccc1NC(=O)N1C[C@@H](C(F)(F)F)[C@H](C(=O)O)C1. The zero-order chi connectivity index (χ0) is 17.2. The van der Waals surface area contributed by atoms with Gasteiger partial charge in [-0.15, -0.1) is 0 Å². The third-order valence-electron chi connectivity index (χ3n) is 3.69. The number of rotatable bonds is 3. The Labute approximate surface area is 129 Å². The average Bonchev–Trinajstić information content (AvgIpc) is 2.93. The van der Waals surface area contributed by atoms with Gasteiger partial charge in [-0.2, -0.15) is 13.2 Å². The number of aliphatic carboxylic acids is 1. The number of benzene rings is 1. The lowest BCUT2D eigenvalue weighted by atomic mass is 9.96. The van der Waals surface area contributed by atoms with E-state index < -0.39 is 43.1 Å². The molecule has 1 heterocycles. The van der Waals surface area contributed by atoms with E-state index in [1.165, 1.54) is 13.2 Å². The summed E-state index contributed by atoms with van der Waals surface area (Å²) in [5, 5.41) is 11.4. The number of anilines is 1. The molecule has 0 aliphatic carbocycles. The van der Waals surface area contributed by atoms with Gasteiger partial charge in [-0.3, -0.25) is 4.79 Å². The standard InChI is InChI=1S/C14H15F3N2O4/c1-23-11-5-3-2-4-10(11)18-13(22)19-6-8(12(20)21)9(7-19)14(15,16)17/h2-5,8-9H,6-7H2,1H3,(H,18,22)(H,20,21)/t8-,9-/m1/s1. The number of ether oxygens (including phenoxy) is 1. The molecule has 0 spiro atoms. The number of likely N-dealkylation sites (tertiary alicyclic amines) is 1. The molecule has 2 amide bonds. The third-order valence-corrected chi connectivity index (χ3v) is 3.69. The van der Waals surface area contributed by atoms with Crippen LogP contribution in [0, 0.1) is 11.8 Å². The van der Waals surface area contributed by atoms with E-state index in [4.69, 9.17) is 9.84 Å². The summed E-state index contributed by atoms with van der Waals surface area (Å²) in [6, 6.07) is 5.61. The number of carbonyl (C=O) groups excluding carboxylic acids is 1. The van der Waals surface area contributed by atoms with Crippen LogP contribution >= 0.6 is 0 Å². The summed E-state index contributed by atoms with van der Waals surface area (Å²) in [6.45, 7) is -1.19. The first-order valence-corrected chi connectivity index (χ1v) is 6.72. The van der Waals surface area contributed by atoms with Crippen molar-refractivity contribution in [2.75, 3.05) is 25.5 Å². The number of carbonyl (C=O) groups is 2. The van der Waals surface area contributed by atoms with Gasteiger partial charge in [0.2, 0.25) is 0 Å². The maximum absolute atomic E-state index is 12.9. The molecule has 126 valence electrons. The van der Waals surface area contributed by atoms with Crippen LogP contribution in [0.1, 0.15) is 0 Å². The van der Waals surface area contributed by atoms with E-state index in [1.54, 1.807) is 18.2 Å². The molecule has 2 rings (SSSR count). The van der Waals surface area contributed by atoms with E-state index in [1.807, 2.05) is 0 Å². The van der Waals surface area contributed by atoms with Crippen molar-refractivity contribution in [3.63, 3.8) is 0 Å². The van der Waals surface area contributed by atoms with Gasteiger partial charge in [0.1, 0.15) is 5.75 Å². The predicted molar refractivity (Wildman–Crippen MR) is 74.3 cm³/mol. The smallest absolute Gasteiger partial charge is 0.394 e. The highest BCUT2D eigenvalue weighted by Crippen LogP contribution is 2.38. The maximum Gasteiger partial charge on any atom is 0.394 e. The Balaban J connectivity index is 2.13. The molecule has 9 heteroatoms. The Morgan fingerprint density at radius 3 is 2.48 bits per heavy atom. The second-order valence-electron chi connectivity index (χ2n) is 5.13. The summed E-state index contributed by atoms with van der Waals surface area (Å²) in [4.78, 5) is 24.0. The van der Waals surface area contributed by atoms with Crippen LogP contribution in [0.15, 0.2) is 24.3 Å². The van der Waals surface area contributed by atoms with E-state index in [2.05, 4.69) is 5.32 Å². The Hall–Kier alpha value is -2.45. The van der Waals surface area contributed by atoms with Crippen molar-refractivity contribution >= 4 is 17.7 Å². The van der Waals surface area contributed by atoms with Crippen molar-refractivity contribution in [3.05, 3.63) is 24.3 Å². The molecule has 23 heavy (non-hydrogen) atoms. The molecule has 0 bridgehead atoms. The average molecular weight is 332 g/mol. The molecule has 0 aromatic heterocycles. The molecule has 1 saturated heterocycles. The molecule has 1 aliphatic heterocycles. The van der Waals surface area contributed by atoms with Crippen molar-refractivity contribution in [3.8, 4) is 5.75 Å². The van der Waals surface area contributed by atoms with E-state index in [0.29, 0.717) is 11.4 Å². The highest BCUT2D eigenvalue weighted by molar-refractivity contribution is 5.91. The minimum absolute atomic E-state index is 0.294. The van der Waals surface area contributed by atoms with Gasteiger partial charge in [-0.25, -0.2) is 4.79 Å². The largest absolute Gasteiger partial charge is 0.495 e. The summed E-state index contributed by atoms with van der Waals surface area (Å²) in [5.41, 5.74) is 0.294. The minimum Gasteiger partial charge on any atom is -0.495 e. The number of amides is 2. The number of carboxylic acid groups (broad SMARTS) is 1. The quantitative estimate of drug-likeness (QED) is 0.891. The van der Waals surface area contributed by atoms with Crippen LogP contribution in [0.25, 0.3) is 0 Å². The van der Waals surface area contributed by atoms with Crippen molar-refractivity contribution in [1.82, 2.24) is 4.90 Å². The Kier molecular flexibility index (Phi) is 4.67. The van der Waals surface area contributed by atoms with Gasteiger partial charge in [0, 0.05) is 13.1 Å². The lowest BCUT2D eigenvalue weighted by Gasteiger charge is -2.19. The molecule has 0 unspecified atom stereocenters. The van der Waals surface area contributed by atoms with Crippen LogP contribution in [0.2, 0.25) is 0 Å². The van der Waals surface area contributed by atoms with E-state index in [9.17, 15) is 22.8 Å². The van der Waals surface area contributed by atoms with Gasteiger partial charge < -0.3 is 20.1 Å². The first kappa shape index (κ1) is 16.9. The number of halogens is 3. The molecular formula is C14H15F3N2O4. The van der Waals surface area contributed by atoms with Crippen LogP contribution in [0.4, 0.5) is 23.7 Å². The van der Waals surface area contributed by atoms with Gasteiger partial charge in [0.25, 0.3) is 0 Å². The highest BCUT2D eigenvalue weighted by Gasteiger charge is 2.53. The van der Waals surface area contributed by atoms with Crippen molar-refractivity contribution < 1.29 is 32.6 Å². The van der Waals surface area contributed by atoms with Crippen molar-refractivity contribution in [2.45, 2.75) is 6.18 Å². The van der Waals surface area contributed by atoms with Gasteiger partial charge >= 0.3 is 18.2 Å². The van der Waals surface area contributed by atoms with Crippen molar-refractivity contribution in [2.24, 2.45) is 11.8 Å². The maximum atomic E-state index is 12.9. The Morgan fingerprint density at radius 2 is 1.96 bits per heavy atom. The van der Waals surface area contributed by atoms with Gasteiger partial charge in [-0.05, 0) is 12.1 Å². The molecule has 0 saturated carbocycles. The monoisotopic (exact) mass is 332 g/mol. The second-order valence-corrected chi connectivity index (χ2v) is 5.13. The molecule has 2 N–H and O–H groups in total. The molecule has 2 atom stereocenters. The van der Waals surface area contributed by atoms with Gasteiger partial charge in [-0.1, -0.05) is 12.1 Å². The molecule has 6 nitrogen and oxygen atoms in total. The highest BCUT2D eigenvalue weighted by atomic mass is 19.4. The predicted octanol–water partition coefficient (Wildman–Crippen LogP) is 2.42.